The zero-order chi connectivity index (χ0) is 13.1. The summed E-state index contributed by atoms with van der Waals surface area (Å²) in [5, 5.41) is 2.89. The van der Waals surface area contributed by atoms with Crippen LogP contribution >= 0.6 is 0 Å². The lowest BCUT2D eigenvalue weighted by atomic mass is 10.3. The van der Waals surface area contributed by atoms with Crippen molar-refractivity contribution in [2.75, 3.05) is 29.1 Å². The van der Waals surface area contributed by atoms with E-state index in [1.165, 1.54) is 6.92 Å². The van der Waals surface area contributed by atoms with Crippen molar-refractivity contribution in [2.24, 2.45) is 5.84 Å². The Balaban J connectivity index is 2.09. The van der Waals surface area contributed by atoms with Gasteiger partial charge in [-0.2, -0.15) is 9.97 Å². The summed E-state index contributed by atoms with van der Waals surface area (Å²) in [7, 11) is 0. The Hall–Kier alpha value is -2.09. The third-order valence-electron chi connectivity index (χ3n) is 2.80. The summed E-state index contributed by atoms with van der Waals surface area (Å²) in [6.07, 6.45) is 0.884. The lowest BCUT2D eigenvalue weighted by molar-refractivity contribution is -0.119. The van der Waals surface area contributed by atoms with E-state index in [4.69, 9.17) is 11.6 Å². The fraction of sp³-hybridized carbons (Fsp3) is 0.500. The Kier molecular flexibility index (Phi) is 3.47. The van der Waals surface area contributed by atoms with Crippen LogP contribution in [0.3, 0.4) is 0 Å². The van der Waals surface area contributed by atoms with Gasteiger partial charge in [-0.05, 0) is 6.42 Å². The number of hydrazine groups is 1. The first-order chi connectivity index (χ1) is 8.58. The van der Waals surface area contributed by atoms with E-state index in [1.807, 2.05) is 4.90 Å². The van der Waals surface area contributed by atoms with Crippen LogP contribution < -0.4 is 27.2 Å². The fourth-order valence-corrected chi connectivity index (χ4v) is 2.06. The fourth-order valence-electron chi connectivity index (χ4n) is 2.06. The van der Waals surface area contributed by atoms with Crippen LogP contribution in [0.15, 0.2) is 6.07 Å². The van der Waals surface area contributed by atoms with Crippen molar-refractivity contribution in [2.45, 2.75) is 19.4 Å². The number of hydrogen-bond donors (Lipinski definition) is 4. The predicted molar refractivity (Wildman–Crippen MR) is 68.7 cm³/mol. The molecule has 2 rings (SSSR count). The quantitative estimate of drug-likeness (QED) is 0.404. The second-order valence-electron chi connectivity index (χ2n) is 4.25. The van der Waals surface area contributed by atoms with Gasteiger partial charge in [0.25, 0.3) is 0 Å². The molecular weight excluding hydrogens is 234 g/mol. The summed E-state index contributed by atoms with van der Waals surface area (Å²) in [5.41, 5.74) is 8.05. The van der Waals surface area contributed by atoms with Crippen molar-refractivity contribution in [1.29, 1.82) is 0 Å². The molecule has 1 fully saturated rings. The summed E-state index contributed by atoms with van der Waals surface area (Å²) in [6.45, 7) is 3.03. The van der Waals surface area contributed by atoms with Gasteiger partial charge in [-0.25, -0.2) is 5.84 Å². The van der Waals surface area contributed by atoms with Gasteiger partial charge < -0.3 is 21.4 Å². The van der Waals surface area contributed by atoms with Gasteiger partial charge >= 0.3 is 0 Å². The Morgan fingerprint density at radius 2 is 2.33 bits per heavy atom. The first kappa shape index (κ1) is 12.4. The molecular formula is C10H17N7O. The molecule has 0 aromatic carbocycles. The number of nitrogens with zero attached hydrogens (tertiary/aromatic N) is 3. The predicted octanol–water partition coefficient (Wildman–Crippen LogP) is -0.941. The highest BCUT2D eigenvalue weighted by molar-refractivity contribution is 5.73. The van der Waals surface area contributed by atoms with Crippen LogP contribution in [0.5, 0.6) is 0 Å². The van der Waals surface area contributed by atoms with Crippen molar-refractivity contribution in [3.8, 4) is 0 Å². The zero-order valence-electron chi connectivity index (χ0n) is 10.2. The lowest BCUT2D eigenvalue weighted by Gasteiger charge is -2.18. The monoisotopic (exact) mass is 251 g/mol. The maximum absolute atomic E-state index is 11.0. The van der Waals surface area contributed by atoms with Gasteiger partial charge in [-0.3, -0.25) is 4.79 Å². The molecule has 18 heavy (non-hydrogen) atoms. The molecule has 1 atom stereocenters. The van der Waals surface area contributed by atoms with Crippen LogP contribution in [0.1, 0.15) is 13.3 Å². The number of amides is 1. The van der Waals surface area contributed by atoms with Gasteiger partial charge in [0.2, 0.25) is 11.9 Å². The molecule has 0 bridgehead atoms. The largest absolute Gasteiger partial charge is 0.368 e. The smallest absolute Gasteiger partial charge is 0.223 e. The Labute approximate surface area is 105 Å². The average Bonchev–Trinajstić information content (AvgIpc) is 2.75. The summed E-state index contributed by atoms with van der Waals surface area (Å²) in [4.78, 5) is 21.1. The third kappa shape index (κ3) is 2.77. The van der Waals surface area contributed by atoms with Gasteiger partial charge in [-0.15, -0.1) is 0 Å². The first-order valence-corrected chi connectivity index (χ1v) is 5.71. The highest BCUT2D eigenvalue weighted by Gasteiger charge is 2.24. The molecule has 6 N–H and O–H groups in total. The maximum atomic E-state index is 11.0. The molecule has 8 nitrogen and oxygen atoms in total. The van der Waals surface area contributed by atoms with E-state index in [2.05, 4.69) is 20.7 Å². The summed E-state index contributed by atoms with van der Waals surface area (Å²) < 4.78 is 0. The number of carbonyl (C=O) groups is 1. The summed E-state index contributed by atoms with van der Waals surface area (Å²) >= 11 is 0. The van der Waals surface area contributed by atoms with Gasteiger partial charge in [-0.1, -0.05) is 0 Å². The first-order valence-electron chi connectivity index (χ1n) is 5.71. The van der Waals surface area contributed by atoms with Crippen molar-refractivity contribution in [3.05, 3.63) is 6.07 Å². The number of carbonyl (C=O) groups excluding carboxylic acids is 1. The van der Waals surface area contributed by atoms with E-state index in [1.54, 1.807) is 6.07 Å². The van der Waals surface area contributed by atoms with Gasteiger partial charge in [0.15, 0.2) is 0 Å². The van der Waals surface area contributed by atoms with Crippen molar-refractivity contribution < 1.29 is 4.79 Å². The molecule has 8 heteroatoms. The van der Waals surface area contributed by atoms with E-state index in [-0.39, 0.29) is 17.9 Å². The molecule has 1 saturated heterocycles. The molecule has 98 valence electrons. The lowest BCUT2D eigenvalue weighted by Crippen LogP contribution is -2.35. The number of nitrogen functional groups attached to an aromatic ring is 2. The second kappa shape index (κ2) is 5.05. The summed E-state index contributed by atoms with van der Waals surface area (Å²) in [6, 6.07) is 1.87. The minimum absolute atomic E-state index is 0.0200. The molecule has 1 aromatic heterocycles. The molecule has 0 saturated carbocycles. The molecule has 1 unspecified atom stereocenters. The van der Waals surface area contributed by atoms with Gasteiger partial charge in [0.05, 0.1) is 0 Å². The standard InChI is InChI=1S/C10H17N7O/c1-6(18)13-7-2-3-17(5-7)9-4-8(16-12)14-10(11)15-9/h4,7H,2-3,5,12H2,1H3,(H,13,18)(H3,11,14,15,16). The Morgan fingerprint density at radius 1 is 1.56 bits per heavy atom. The highest BCUT2D eigenvalue weighted by atomic mass is 16.1. The van der Waals surface area contributed by atoms with Crippen LogP contribution in [-0.2, 0) is 4.79 Å². The van der Waals surface area contributed by atoms with E-state index < -0.39 is 0 Å². The zero-order valence-corrected chi connectivity index (χ0v) is 10.2. The molecule has 1 aliphatic rings. The molecule has 0 spiro atoms. The van der Waals surface area contributed by atoms with E-state index in [0.717, 1.165) is 13.0 Å². The van der Waals surface area contributed by atoms with E-state index >= 15 is 0 Å². The Morgan fingerprint density at radius 3 is 3.00 bits per heavy atom. The van der Waals surface area contributed by atoms with Gasteiger partial charge in [0, 0.05) is 32.1 Å². The number of hydrogen-bond acceptors (Lipinski definition) is 7. The number of aromatic nitrogens is 2. The normalized spacial score (nSPS) is 18.8. The van der Waals surface area contributed by atoms with Crippen LogP contribution in [-0.4, -0.2) is 35.0 Å². The maximum Gasteiger partial charge on any atom is 0.223 e. The molecule has 2 heterocycles. The SMILES string of the molecule is CC(=O)NC1CCN(c2cc(NN)nc(N)n2)C1. The van der Waals surface area contributed by atoms with Crippen LogP contribution in [0.2, 0.25) is 0 Å². The molecule has 0 aliphatic carbocycles. The minimum atomic E-state index is -0.0200. The number of anilines is 3. The highest BCUT2D eigenvalue weighted by Crippen LogP contribution is 2.21. The van der Waals surface area contributed by atoms with E-state index in [0.29, 0.717) is 18.2 Å². The summed E-state index contributed by atoms with van der Waals surface area (Å²) in [5.74, 6) is 6.64. The number of rotatable bonds is 3. The van der Waals surface area contributed by atoms with E-state index in [9.17, 15) is 4.79 Å². The van der Waals surface area contributed by atoms with Crippen LogP contribution in [0, 0.1) is 0 Å². The third-order valence-corrected chi connectivity index (χ3v) is 2.80. The van der Waals surface area contributed by atoms with Gasteiger partial charge in [0.1, 0.15) is 11.6 Å². The Bertz CT molecular complexity index is 450. The van der Waals surface area contributed by atoms with Crippen molar-refractivity contribution in [3.63, 3.8) is 0 Å². The molecule has 0 radical (unpaired) electrons. The topological polar surface area (TPSA) is 122 Å². The molecule has 1 aromatic rings. The van der Waals surface area contributed by atoms with Crippen molar-refractivity contribution in [1.82, 2.24) is 15.3 Å². The molecule has 1 aliphatic heterocycles. The molecule has 1 amide bonds. The minimum Gasteiger partial charge on any atom is -0.368 e. The average molecular weight is 251 g/mol. The van der Waals surface area contributed by atoms with Crippen molar-refractivity contribution >= 4 is 23.5 Å². The van der Waals surface area contributed by atoms with Crippen LogP contribution in [0.25, 0.3) is 0 Å². The number of nitrogens with one attached hydrogen (secondary N) is 2. The van der Waals surface area contributed by atoms with Crippen LogP contribution in [0.4, 0.5) is 17.6 Å². The second-order valence-corrected chi connectivity index (χ2v) is 4.25. The number of nitrogens with two attached hydrogens (primary N) is 2.